The Balaban J connectivity index is 1.88. The molecule has 1 amide bonds. The predicted molar refractivity (Wildman–Crippen MR) is 74.7 cm³/mol. The van der Waals surface area contributed by atoms with Gasteiger partial charge in [-0.3, -0.25) is 4.79 Å². The molecule has 5 heteroatoms. The number of rotatable bonds is 5. The lowest BCUT2D eigenvalue weighted by molar-refractivity contribution is -0.139. The number of carboxylic acid groups (broad SMARTS) is 1. The highest BCUT2D eigenvalue weighted by Crippen LogP contribution is 2.21. The van der Waals surface area contributed by atoms with Crippen LogP contribution in [-0.2, 0) is 9.59 Å². The Hall–Kier alpha value is -2.30. The molecule has 0 aromatic heterocycles. The van der Waals surface area contributed by atoms with Gasteiger partial charge < -0.3 is 15.2 Å². The second-order valence-electron chi connectivity index (χ2n) is 4.68. The lowest BCUT2D eigenvalue weighted by Gasteiger charge is -2.17. The van der Waals surface area contributed by atoms with Gasteiger partial charge in [-0.2, -0.15) is 0 Å². The summed E-state index contributed by atoms with van der Waals surface area (Å²) in [6, 6.07) is 6.68. The monoisotopic (exact) mass is 275 g/mol. The van der Waals surface area contributed by atoms with Crippen molar-refractivity contribution in [2.24, 2.45) is 5.92 Å². The topological polar surface area (TPSA) is 75.6 Å². The van der Waals surface area contributed by atoms with E-state index in [1.54, 1.807) is 24.3 Å². The van der Waals surface area contributed by atoms with Crippen molar-refractivity contribution in [1.29, 1.82) is 0 Å². The third-order valence-electron chi connectivity index (χ3n) is 3.12. The Morgan fingerprint density at radius 1 is 1.25 bits per heavy atom. The van der Waals surface area contributed by atoms with Crippen molar-refractivity contribution in [3.05, 3.63) is 36.4 Å². The molecule has 5 nitrogen and oxygen atoms in total. The summed E-state index contributed by atoms with van der Waals surface area (Å²) < 4.78 is 5.02. The van der Waals surface area contributed by atoms with Crippen molar-refractivity contribution < 1.29 is 19.4 Å². The van der Waals surface area contributed by atoms with E-state index in [4.69, 9.17) is 9.84 Å². The van der Waals surface area contributed by atoms with Crippen LogP contribution in [0.2, 0.25) is 0 Å². The van der Waals surface area contributed by atoms with E-state index in [0.29, 0.717) is 11.4 Å². The van der Waals surface area contributed by atoms with E-state index in [1.807, 2.05) is 6.08 Å². The van der Waals surface area contributed by atoms with E-state index in [2.05, 4.69) is 11.4 Å². The normalized spacial score (nSPS) is 17.5. The van der Waals surface area contributed by atoms with Gasteiger partial charge in [-0.25, -0.2) is 4.79 Å². The molecule has 1 unspecified atom stereocenters. The van der Waals surface area contributed by atoms with Crippen LogP contribution in [-0.4, -0.2) is 23.6 Å². The first-order valence-corrected chi connectivity index (χ1v) is 6.55. The zero-order valence-electron chi connectivity index (χ0n) is 11.0. The van der Waals surface area contributed by atoms with Crippen LogP contribution < -0.4 is 10.1 Å². The van der Waals surface area contributed by atoms with Crippen molar-refractivity contribution in [2.75, 3.05) is 11.9 Å². The van der Waals surface area contributed by atoms with Crippen molar-refractivity contribution >= 4 is 17.6 Å². The number of aliphatic carboxylic acids is 1. The summed E-state index contributed by atoms with van der Waals surface area (Å²) in [5.41, 5.74) is 0.687. The average molecular weight is 275 g/mol. The Bertz CT molecular complexity index is 507. The molecular weight excluding hydrogens is 258 g/mol. The van der Waals surface area contributed by atoms with E-state index >= 15 is 0 Å². The van der Waals surface area contributed by atoms with Crippen molar-refractivity contribution in [3.8, 4) is 5.75 Å². The molecule has 0 fully saturated rings. The molecule has 0 bridgehead atoms. The molecule has 0 aliphatic heterocycles. The molecular formula is C15H17NO4. The largest absolute Gasteiger partial charge is 0.482 e. The van der Waals surface area contributed by atoms with Gasteiger partial charge in [-0.15, -0.1) is 0 Å². The minimum absolute atomic E-state index is 0.0218. The van der Waals surface area contributed by atoms with Crippen LogP contribution in [0.1, 0.15) is 19.3 Å². The molecule has 1 aliphatic rings. The number of amides is 1. The third-order valence-corrected chi connectivity index (χ3v) is 3.12. The van der Waals surface area contributed by atoms with Crippen LogP contribution >= 0.6 is 0 Å². The standard InChI is InChI=1S/C15H17NO4/c17-14(18)10-20-13-8-6-12(7-9-13)16-15(19)11-4-2-1-3-5-11/h1-2,6-9,11H,3-5,10H2,(H,16,19)(H,17,18). The molecule has 0 saturated carbocycles. The first-order chi connectivity index (χ1) is 9.65. The zero-order chi connectivity index (χ0) is 14.4. The Morgan fingerprint density at radius 3 is 2.60 bits per heavy atom. The van der Waals surface area contributed by atoms with Gasteiger partial charge in [0.1, 0.15) is 5.75 Å². The number of hydrogen-bond acceptors (Lipinski definition) is 3. The van der Waals surface area contributed by atoms with Crippen molar-refractivity contribution in [1.82, 2.24) is 0 Å². The van der Waals surface area contributed by atoms with Crippen molar-refractivity contribution in [2.45, 2.75) is 19.3 Å². The fourth-order valence-electron chi connectivity index (χ4n) is 2.06. The number of hydrogen-bond donors (Lipinski definition) is 2. The van der Waals surface area contributed by atoms with Crippen LogP contribution in [0.25, 0.3) is 0 Å². The van der Waals surface area contributed by atoms with Gasteiger partial charge in [0.2, 0.25) is 5.91 Å². The maximum Gasteiger partial charge on any atom is 0.341 e. The van der Waals surface area contributed by atoms with Gasteiger partial charge in [-0.05, 0) is 43.5 Å². The molecule has 106 valence electrons. The second kappa shape index (κ2) is 6.75. The van der Waals surface area contributed by atoms with E-state index in [1.165, 1.54) is 0 Å². The first-order valence-electron chi connectivity index (χ1n) is 6.55. The number of carboxylic acids is 1. The molecule has 1 aliphatic carbocycles. The third kappa shape index (κ3) is 4.12. The summed E-state index contributed by atoms with van der Waals surface area (Å²) in [5.74, 6) is -0.504. The van der Waals surface area contributed by atoms with Crippen molar-refractivity contribution in [3.63, 3.8) is 0 Å². The van der Waals surface area contributed by atoms with Crippen LogP contribution in [0, 0.1) is 5.92 Å². The van der Waals surface area contributed by atoms with Gasteiger partial charge in [0.15, 0.2) is 6.61 Å². The predicted octanol–water partition coefficient (Wildman–Crippen LogP) is 2.44. The number of benzene rings is 1. The van der Waals surface area contributed by atoms with Gasteiger partial charge >= 0.3 is 5.97 Å². The Labute approximate surface area is 117 Å². The second-order valence-corrected chi connectivity index (χ2v) is 4.68. The quantitative estimate of drug-likeness (QED) is 0.809. The highest BCUT2D eigenvalue weighted by atomic mass is 16.5. The molecule has 1 aromatic carbocycles. The summed E-state index contributed by atoms with van der Waals surface area (Å²) in [7, 11) is 0. The highest BCUT2D eigenvalue weighted by molar-refractivity contribution is 5.92. The van der Waals surface area contributed by atoms with Gasteiger partial charge in [0.05, 0.1) is 0 Å². The molecule has 2 rings (SSSR count). The maximum absolute atomic E-state index is 12.0. The summed E-state index contributed by atoms with van der Waals surface area (Å²) >= 11 is 0. The molecule has 1 aromatic rings. The summed E-state index contributed by atoms with van der Waals surface area (Å²) in [6.07, 6.45) is 6.74. The molecule has 0 radical (unpaired) electrons. The first kappa shape index (κ1) is 14.1. The van der Waals surface area contributed by atoms with E-state index in [-0.39, 0.29) is 18.4 Å². The molecule has 0 heterocycles. The average Bonchev–Trinajstić information content (AvgIpc) is 2.47. The lowest BCUT2D eigenvalue weighted by atomic mass is 9.93. The SMILES string of the molecule is O=C(O)COc1ccc(NC(=O)C2CC=CCC2)cc1. The number of carbonyl (C=O) groups is 2. The highest BCUT2D eigenvalue weighted by Gasteiger charge is 2.18. The van der Waals surface area contributed by atoms with Gasteiger partial charge in [-0.1, -0.05) is 12.2 Å². The molecule has 20 heavy (non-hydrogen) atoms. The summed E-state index contributed by atoms with van der Waals surface area (Å²) in [5, 5.41) is 11.4. The van der Waals surface area contributed by atoms with E-state index < -0.39 is 5.97 Å². The minimum atomic E-state index is -1.02. The number of ether oxygens (including phenoxy) is 1. The van der Waals surface area contributed by atoms with Gasteiger partial charge in [0, 0.05) is 11.6 Å². The van der Waals surface area contributed by atoms with Crippen LogP contribution in [0.4, 0.5) is 5.69 Å². The maximum atomic E-state index is 12.0. The van der Waals surface area contributed by atoms with Crippen LogP contribution in [0.3, 0.4) is 0 Å². The van der Waals surface area contributed by atoms with E-state index in [9.17, 15) is 9.59 Å². The minimum Gasteiger partial charge on any atom is -0.482 e. The van der Waals surface area contributed by atoms with E-state index in [0.717, 1.165) is 19.3 Å². The molecule has 0 saturated heterocycles. The summed E-state index contributed by atoms with van der Waals surface area (Å²) in [6.45, 7) is -0.375. The molecule has 0 spiro atoms. The Kier molecular flexibility index (Phi) is 4.76. The van der Waals surface area contributed by atoms with Gasteiger partial charge in [0.25, 0.3) is 0 Å². The summed E-state index contributed by atoms with van der Waals surface area (Å²) in [4.78, 5) is 22.4. The van der Waals surface area contributed by atoms with Crippen LogP contribution in [0.15, 0.2) is 36.4 Å². The lowest BCUT2D eigenvalue weighted by Crippen LogP contribution is -2.23. The fourth-order valence-corrected chi connectivity index (χ4v) is 2.06. The molecule has 2 N–H and O–H groups in total. The Morgan fingerprint density at radius 2 is 2.00 bits per heavy atom. The zero-order valence-corrected chi connectivity index (χ0v) is 11.0. The molecule has 1 atom stereocenters. The number of anilines is 1. The number of carbonyl (C=O) groups excluding carboxylic acids is 1. The smallest absolute Gasteiger partial charge is 0.341 e. The van der Waals surface area contributed by atoms with Crippen LogP contribution in [0.5, 0.6) is 5.75 Å². The fraction of sp³-hybridized carbons (Fsp3) is 0.333. The number of allylic oxidation sites excluding steroid dienone is 2. The number of nitrogens with one attached hydrogen (secondary N) is 1.